The Balaban J connectivity index is 1.87. The minimum atomic E-state index is -2.32. The maximum atomic E-state index is 11.0. The fourth-order valence-electron chi connectivity index (χ4n) is 3.50. The van der Waals surface area contributed by atoms with Gasteiger partial charge < -0.3 is 35.0 Å². The van der Waals surface area contributed by atoms with E-state index in [9.17, 15) is 25.5 Å². The average Bonchev–Trinajstić information content (AvgIpc) is 2.71. The van der Waals surface area contributed by atoms with Crippen LogP contribution in [0.4, 0.5) is 0 Å². The van der Waals surface area contributed by atoms with Gasteiger partial charge in [0.25, 0.3) is 0 Å². The van der Waals surface area contributed by atoms with Gasteiger partial charge in [-0.3, -0.25) is 0 Å². The molecule has 30 heavy (non-hydrogen) atoms. The highest BCUT2D eigenvalue weighted by atomic mass is 35.5. The molecule has 2 aromatic rings. The summed E-state index contributed by atoms with van der Waals surface area (Å²) in [6, 6.07) is 12.1. The first-order valence-electron chi connectivity index (χ1n) is 9.75. The maximum Gasteiger partial charge on any atom is 0.222 e. The molecule has 0 spiro atoms. The molecule has 5 atom stereocenters. The second-order valence-electron chi connectivity index (χ2n) is 7.75. The lowest BCUT2D eigenvalue weighted by Crippen LogP contribution is -2.63. The van der Waals surface area contributed by atoms with Crippen LogP contribution in [0.3, 0.4) is 0 Å². The molecule has 3 rings (SSSR count). The van der Waals surface area contributed by atoms with Crippen molar-refractivity contribution in [1.29, 1.82) is 0 Å². The van der Waals surface area contributed by atoms with Crippen molar-refractivity contribution in [2.24, 2.45) is 0 Å². The summed E-state index contributed by atoms with van der Waals surface area (Å²) in [7, 11) is 0. The number of ether oxygens (including phenoxy) is 2. The molecule has 1 heterocycles. The van der Waals surface area contributed by atoms with Gasteiger partial charge in [0.15, 0.2) is 0 Å². The van der Waals surface area contributed by atoms with Crippen molar-refractivity contribution in [3.8, 4) is 5.75 Å². The number of rotatable bonds is 6. The summed E-state index contributed by atoms with van der Waals surface area (Å²) < 4.78 is 11.0. The molecule has 0 radical (unpaired) electrons. The fraction of sp³-hybridized carbons (Fsp3) is 0.455. The number of halogens is 1. The van der Waals surface area contributed by atoms with E-state index in [2.05, 4.69) is 0 Å². The van der Waals surface area contributed by atoms with Crippen LogP contribution < -0.4 is 4.74 Å². The van der Waals surface area contributed by atoms with Gasteiger partial charge >= 0.3 is 0 Å². The second-order valence-corrected chi connectivity index (χ2v) is 8.16. The third kappa shape index (κ3) is 4.63. The number of benzene rings is 2. The van der Waals surface area contributed by atoms with E-state index < -0.39 is 36.8 Å². The Hall–Kier alpha value is -1.71. The average molecular weight is 439 g/mol. The first-order chi connectivity index (χ1) is 14.2. The smallest absolute Gasteiger partial charge is 0.222 e. The van der Waals surface area contributed by atoms with Crippen molar-refractivity contribution in [2.75, 3.05) is 6.61 Å². The van der Waals surface area contributed by atoms with Crippen molar-refractivity contribution in [2.45, 2.75) is 56.6 Å². The summed E-state index contributed by atoms with van der Waals surface area (Å²) in [4.78, 5) is 0. The van der Waals surface area contributed by atoms with Crippen molar-refractivity contribution in [3.05, 3.63) is 64.2 Å². The third-order valence-electron chi connectivity index (χ3n) is 5.12. The molecule has 1 saturated heterocycles. The van der Waals surface area contributed by atoms with Gasteiger partial charge in [-0.1, -0.05) is 29.8 Å². The van der Waals surface area contributed by atoms with E-state index >= 15 is 0 Å². The van der Waals surface area contributed by atoms with E-state index in [0.29, 0.717) is 17.0 Å². The first kappa shape index (κ1) is 23.0. The molecular formula is C22H27ClO7. The molecule has 0 aliphatic carbocycles. The van der Waals surface area contributed by atoms with Crippen LogP contribution in [0.15, 0.2) is 42.5 Å². The number of aliphatic hydroxyl groups excluding tert-OH is 4. The lowest BCUT2D eigenvalue weighted by atomic mass is 9.87. The van der Waals surface area contributed by atoms with Crippen molar-refractivity contribution in [3.63, 3.8) is 0 Å². The van der Waals surface area contributed by atoms with Crippen LogP contribution in [0.1, 0.15) is 30.5 Å². The molecule has 0 saturated carbocycles. The molecule has 8 heteroatoms. The van der Waals surface area contributed by atoms with Crippen molar-refractivity contribution >= 4 is 11.6 Å². The summed E-state index contributed by atoms with van der Waals surface area (Å²) in [6.07, 6.45) is -5.81. The molecule has 7 nitrogen and oxygen atoms in total. The molecular weight excluding hydrogens is 412 g/mol. The Morgan fingerprint density at radius 2 is 1.73 bits per heavy atom. The normalized spacial score (nSPS) is 29.2. The van der Waals surface area contributed by atoms with Gasteiger partial charge in [0.2, 0.25) is 5.79 Å². The third-order valence-corrected chi connectivity index (χ3v) is 5.48. The number of hydrogen-bond acceptors (Lipinski definition) is 7. The molecule has 1 fully saturated rings. The Kier molecular flexibility index (Phi) is 7.04. The van der Waals surface area contributed by atoms with Crippen LogP contribution in [0.25, 0.3) is 0 Å². The van der Waals surface area contributed by atoms with Crippen LogP contribution in [-0.2, 0) is 16.9 Å². The van der Waals surface area contributed by atoms with E-state index in [0.717, 1.165) is 11.3 Å². The Bertz CT molecular complexity index is 855. The highest BCUT2D eigenvalue weighted by molar-refractivity contribution is 6.31. The van der Waals surface area contributed by atoms with E-state index in [1.54, 1.807) is 12.1 Å². The van der Waals surface area contributed by atoms with Gasteiger partial charge in [-0.2, -0.15) is 0 Å². The summed E-state index contributed by atoms with van der Waals surface area (Å²) >= 11 is 6.34. The molecule has 0 unspecified atom stereocenters. The highest BCUT2D eigenvalue weighted by Crippen LogP contribution is 2.38. The van der Waals surface area contributed by atoms with Gasteiger partial charge in [-0.15, -0.1) is 0 Å². The molecule has 1 aliphatic heterocycles. The predicted octanol–water partition coefficient (Wildman–Crippen LogP) is 1.34. The Morgan fingerprint density at radius 3 is 2.33 bits per heavy atom. The summed E-state index contributed by atoms with van der Waals surface area (Å²) in [5.41, 5.74) is 1.77. The lowest BCUT2D eigenvalue weighted by Gasteiger charge is -2.45. The van der Waals surface area contributed by atoms with Crippen LogP contribution in [0, 0.1) is 0 Å². The van der Waals surface area contributed by atoms with Crippen LogP contribution in [0.5, 0.6) is 5.75 Å². The maximum absolute atomic E-state index is 11.0. The number of aliphatic hydroxyl groups is 5. The van der Waals surface area contributed by atoms with Crippen molar-refractivity contribution < 1.29 is 35.0 Å². The molecule has 1 aliphatic rings. The summed E-state index contributed by atoms with van der Waals surface area (Å²) in [6.45, 7) is 3.25. The van der Waals surface area contributed by atoms with E-state index in [1.807, 2.05) is 38.1 Å². The minimum absolute atomic E-state index is 0.0706. The van der Waals surface area contributed by atoms with Crippen LogP contribution >= 0.6 is 11.6 Å². The van der Waals surface area contributed by atoms with Crippen LogP contribution in [-0.4, -0.2) is 62.7 Å². The molecule has 0 bridgehead atoms. The van der Waals surface area contributed by atoms with Gasteiger partial charge in [-0.25, -0.2) is 0 Å². The highest BCUT2D eigenvalue weighted by Gasteiger charge is 2.53. The van der Waals surface area contributed by atoms with E-state index in [4.69, 9.17) is 21.1 Å². The molecule has 0 amide bonds. The zero-order valence-electron chi connectivity index (χ0n) is 16.8. The second kappa shape index (κ2) is 9.20. The number of hydrogen-bond donors (Lipinski definition) is 5. The van der Waals surface area contributed by atoms with Gasteiger partial charge in [-0.05, 0) is 55.7 Å². The monoisotopic (exact) mass is 438 g/mol. The molecule has 164 valence electrons. The summed E-state index contributed by atoms with van der Waals surface area (Å²) in [5.74, 6) is -1.57. The molecule has 0 aromatic heterocycles. The van der Waals surface area contributed by atoms with Gasteiger partial charge in [0.05, 0.1) is 12.7 Å². The minimum Gasteiger partial charge on any atom is -0.491 e. The fourth-order valence-corrected chi connectivity index (χ4v) is 3.69. The zero-order chi connectivity index (χ0) is 22.1. The zero-order valence-corrected chi connectivity index (χ0v) is 17.5. The van der Waals surface area contributed by atoms with E-state index in [-0.39, 0.29) is 11.7 Å². The standard InChI is InChI=1S/C22H27ClO7/c1-12(2)29-16-6-3-13(4-7-16)9-14-10-15(5-8-17(14)23)22(28)21(27)20(26)19(25)18(11-24)30-22/h3-8,10,12,18-21,24-28H,9,11H2,1-2H3/t18-,19-,20+,21-,22-/m1/s1. The first-order valence-corrected chi connectivity index (χ1v) is 10.1. The predicted molar refractivity (Wildman–Crippen MR) is 110 cm³/mol. The van der Waals surface area contributed by atoms with E-state index in [1.165, 1.54) is 6.07 Å². The largest absolute Gasteiger partial charge is 0.491 e. The Labute approximate surface area is 180 Å². The molecule has 5 N–H and O–H groups in total. The topological polar surface area (TPSA) is 120 Å². The van der Waals surface area contributed by atoms with Crippen LogP contribution in [0.2, 0.25) is 5.02 Å². The SMILES string of the molecule is CC(C)Oc1ccc(Cc2cc([C@@]3(O)O[C@H](CO)[C@@H](O)[C@H](O)[C@H]3O)ccc2Cl)cc1. The summed E-state index contributed by atoms with van der Waals surface area (Å²) in [5, 5.41) is 51.2. The van der Waals surface area contributed by atoms with Gasteiger partial charge in [0, 0.05) is 10.6 Å². The van der Waals surface area contributed by atoms with Gasteiger partial charge in [0.1, 0.15) is 30.2 Å². The van der Waals surface area contributed by atoms with Crippen molar-refractivity contribution in [1.82, 2.24) is 0 Å². The lowest BCUT2D eigenvalue weighted by molar-refractivity contribution is -0.357. The molecule has 2 aromatic carbocycles. The Morgan fingerprint density at radius 1 is 1.07 bits per heavy atom. The quantitative estimate of drug-likeness (QED) is 0.461.